The molecule has 0 N–H and O–H groups in total. The first-order valence-electron chi connectivity index (χ1n) is 8.00. The number of hydrogen-bond acceptors (Lipinski definition) is 7. The average molecular weight is 359 g/mol. The predicted octanol–water partition coefficient (Wildman–Crippen LogP) is 3.07. The van der Waals surface area contributed by atoms with Gasteiger partial charge in [-0.3, -0.25) is 0 Å². The highest BCUT2D eigenvalue weighted by Gasteiger charge is 2.40. The molecular formula is C17H29NO7. The van der Waals surface area contributed by atoms with Gasteiger partial charge in [0.1, 0.15) is 23.0 Å². The minimum absolute atomic E-state index is 0.0120. The number of rotatable bonds is 5. The van der Waals surface area contributed by atoms with Crippen LogP contribution in [0.2, 0.25) is 0 Å². The van der Waals surface area contributed by atoms with Crippen LogP contribution in [0.3, 0.4) is 0 Å². The summed E-state index contributed by atoms with van der Waals surface area (Å²) < 4.78 is 15.1. The number of amides is 2. The Hall–Kier alpha value is -2.12. The number of esters is 1. The lowest BCUT2D eigenvalue weighted by Crippen LogP contribution is -2.52. The average Bonchev–Trinajstić information content (AvgIpc) is 2.37. The molecule has 0 fully saturated rings. The summed E-state index contributed by atoms with van der Waals surface area (Å²) in [7, 11) is 1.13. The maximum Gasteiger partial charge on any atom is 0.420 e. The van der Waals surface area contributed by atoms with Gasteiger partial charge in [0, 0.05) is 6.42 Å². The van der Waals surface area contributed by atoms with E-state index in [0.717, 1.165) is 7.11 Å². The molecule has 0 aromatic carbocycles. The van der Waals surface area contributed by atoms with E-state index in [4.69, 9.17) is 9.47 Å². The van der Waals surface area contributed by atoms with Gasteiger partial charge in [0.2, 0.25) is 0 Å². The summed E-state index contributed by atoms with van der Waals surface area (Å²) in [5.41, 5.74) is -1.78. The van der Waals surface area contributed by atoms with Gasteiger partial charge >= 0.3 is 18.2 Å². The number of ketones is 1. The third-order valence-corrected chi connectivity index (χ3v) is 2.74. The second-order valence-corrected chi connectivity index (χ2v) is 7.61. The minimum atomic E-state index is -1.32. The van der Waals surface area contributed by atoms with E-state index in [1.54, 1.807) is 41.5 Å². The van der Waals surface area contributed by atoms with Crippen molar-refractivity contribution in [2.45, 2.75) is 78.6 Å². The van der Waals surface area contributed by atoms with E-state index in [1.165, 1.54) is 6.92 Å². The van der Waals surface area contributed by atoms with Crippen LogP contribution in [0.4, 0.5) is 9.59 Å². The molecule has 144 valence electrons. The van der Waals surface area contributed by atoms with Crippen molar-refractivity contribution < 1.29 is 33.4 Å². The predicted molar refractivity (Wildman–Crippen MR) is 90.0 cm³/mol. The molecule has 0 rings (SSSR count). The Morgan fingerprint density at radius 1 is 0.880 bits per heavy atom. The fraction of sp³-hybridized carbons (Fsp3) is 0.765. The first-order valence-corrected chi connectivity index (χ1v) is 8.00. The van der Waals surface area contributed by atoms with Crippen LogP contribution in [0, 0.1) is 0 Å². The lowest BCUT2D eigenvalue weighted by Gasteiger charge is -2.32. The van der Waals surface area contributed by atoms with Crippen LogP contribution in [0.15, 0.2) is 0 Å². The molecule has 0 radical (unpaired) electrons. The van der Waals surface area contributed by atoms with Gasteiger partial charge in [0.05, 0.1) is 7.11 Å². The standard InChI is InChI=1S/C17H29NO7/c1-11(19)9-10-12(13(20)23-8)18(14(21)24-16(2,3)4)15(22)25-17(5,6)7/h12H,9-10H2,1-8H3/t12-/m0/s1. The van der Waals surface area contributed by atoms with Crippen LogP contribution < -0.4 is 0 Å². The SMILES string of the molecule is COC(=O)[C@H](CCC(C)=O)N(C(=O)OC(C)(C)C)C(=O)OC(C)(C)C. The first-order chi connectivity index (χ1) is 11.2. The number of carbonyl (C=O) groups excluding carboxylic acids is 4. The Bertz CT molecular complexity index is 486. The number of carbonyl (C=O) groups is 4. The maximum absolute atomic E-state index is 12.5. The molecule has 0 aromatic rings. The zero-order valence-corrected chi connectivity index (χ0v) is 16.3. The lowest BCUT2D eigenvalue weighted by molar-refractivity contribution is -0.147. The molecule has 0 spiro atoms. The molecule has 0 bridgehead atoms. The van der Waals surface area contributed by atoms with Crippen molar-refractivity contribution in [1.82, 2.24) is 4.90 Å². The highest BCUT2D eigenvalue weighted by molar-refractivity contribution is 5.94. The summed E-state index contributed by atoms with van der Waals surface area (Å²) >= 11 is 0. The molecular weight excluding hydrogens is 330 g/mol. The van der Waals surface area contributed by atoms with Crippen LogP contribution in [0.5, 0.6) is 0 Å². The largest absolute Gasteiger partial charge is 0.467 e. The van der Waals surface area contributed by atoms with Gasteiger partial charge in [-0.15, -0.1) is 0 Å². The Balaban J connectivity index is 5.75. The molecule has 0 heterocycles. The van der Waals surface area contributed by atoms with E-state index >= 15 is 0 Å². The molecule has 0 aliphatic rings. The van der Waals surface area contributed by atoms with Crippen molar-refractivity contribution in [3.05, 3.63) is 0 Å². The molecule has 0 unspecified atom stereocenters. The fourth-order valence-electron chi connectivity index (χ4n) is 1.78. The number of nitrogens with zero attached hydrogens (tertiary/aromatic N) is 1. The van der Waals surface area contributed by atoms with Gasteiger partial charge in [-0.2, -0.15) is 4.90 Å². The van der Waals surface area contributed by atoms with Gasteiger partial charge in [-0.1, -0.05) is 0 Å². The Morgan fingerprint density at radius 3 is 1.56 bits per heavy atom. The van der Waals surface area contributed by atoms with Gasteiger partial charge in [0.25, 0.3) is 0 Å². The summed E-state index contributed by atoms with van der Waals surface area (Å²) in [5.74, 6) is -1.03. The summed E-state index contributed by atoms with van der Waals surface area (Å²) in [6, 6.07) is -1.32. The second kappa shape index (κ2) is 8.82. The Labute approximate surface area is 148 Å². The summed E-state index contributed by atoms with van der Waals surface area (Å²) in [6.07, 6.45) is -2.18. The highest BCUT2D eigenvalue weighted by Crippen LogP contribution is 2.20. The quantitative estimate of drug-likeness (QED) is 0.549. The second-order valence-electron chi connectivity index (χ2n) is 7.61. The number of Topliss-reactive ketones (excluding diaryl/α,β-unsaturated/α-hetero) is 1. The van der Waals surface area contributed by atoms with E-state index in [9.17, 15) is 19.2 Å². The number of imide groups is 1. The topological polar surface area (TPSA) is 99.2 Å². The van der Waals surface area contributed by atoms with E-state index < -0.39 is 35.4 Å². The van der Waals surface area contributed by atoms with Crippen molar-refractivity contribution in [2.75, 3.05) is 7.11 Å². The van der Waals surface area contributed by atoms with E-state index in [0.29, 0.717) is 4.90 Å². The third kappa shape index (κ3) is 9.07. The van der Waals surface area contributed by atoms with Crippen LogP contribution >= 0.6 is 0 Å². The van der Waals surface area contributed by atoms with Crippen LogP contribution in [0.25, 0.3) is 0 Å². The number of ether oxygens (including phenoxy) is 3. The first kappa shape index (κ1) is 22.9. The summed E-state index contributed by atoms with van der Waals surface area (Å²) in [4.78, 5) is 49.0. The smallest absolute Gasteiger partial charge is 0.420 e. The summed E-state index contributed by atoms with van der Waals surface area (Å²) in [5, 5.41) is 0. The number of hydrogen-bond donors (Lipinski definition) is 0. The monoisotopic (exact) mass is 359 g/mol. The van der Waals surface area contributed by atoms with Crippen molar-refractivity contribution in [3.8, 4) is 0 Å². The molecule has 25 heavy (non-hydrogen) atoms. The Kier molecular flexibility index (Phi) is 8.08. The van der Waals surface area contributed by atoms with Crippen LogP contribution in [-0.2, 0) is 23.8 Å². The van der Waals surface area contributed by atoms with Gasteiger partial charge in [0.15, 0.2) is 0 Å². The van der Waals surface area contributed by atoms with E-state index in [1.807, 2.05) is 0 Å². The number of methoxy groups -OCH3 is 1. The molecule has 0 aliphatic carbocycles. The van der Waals surface area contributed by atoms with E-state index in [-0.39, 0.29) is 18.6 Å². The van der Waals surface area contributed by atoms with Crippen molar-refractivity contribution in [3.63, 3.8) is 0 Å². The van der Waals surface area contributed by atoms with Crippen molar-refractivity contribution in [1.29, 1.82) is 0 Å². The molecule has 0 saturated heterocycles. The molecule has 0 aliphatic heterocycles. The zero-order chi connectivity index (χ0) is 20.0. The normalized spacial score (nSPS) is 12.8. The molecule has 8 nitrogen and oxygen atoms in total. The van der Waals surface area contributed by atoms with Gasteiger partial charge in [-0.05, 0) is 54.9 Å². The minimum Gasteiger partial charge on any atom is -0.467 e. The molecule has 0 aromatic heterocycles. The zero-order valence-electron chi connectivity index (χ0n) is 16.3. The molecule has 2 amide bonds. The maximum atomic E-state index is 12.5. The third-order valence-electron chi connectivity index (χ3n) is 2.74. The van der Waals surface area contributed by atoms with Crippen molar-refractivity contribution in [2.24, 2.45) is 0 Å². The van der Waals surface area contributed by atoms with E-state index in [2.05, 4.69) is 4.74 Å². The lowest BCUT2D eigenvalue weighted by atomic mass is 10.1. The highest BCUT2D eigenvalue weighted by atomic mass is 16.6. The Morgan fingerprint density at radius 2 is 1.28 bits per heavy atom. The summed E-state index contributed by atoms with van der Waals surface area (Å²) in [6.45, 7) is 11.1. The van der Waals surface area contributed by atoms with Gasteiger partial charge < -0.3 is 19.0 Å². The van der Waals surface area contributed by atoms with Crippen LogP contribution in [-0.4, -0.2) is 53.2 Å². The molecule has 1 atom stereocenters. The molecule has 8 heteroatoms. The van der Waals surface area contributed by atoms with Crippen LogP contribution in [0.1, 0.15) is 61.3 Å². The fourth-order valence-corrected chi connectivity index (χ4v) is 1.78. The van der Waals surface area contributed by atoms with Crippen molar-refractivity contribution >= 4 is 23.9 Å². The van der Waals surface area contributed by atoms with Gasteiger partial charge in [-0.25, -0.2) is 14.4 Å². The molecule has 0 saturated carbocycles.